The maximum absolute atomic E-state index is 10.6. The zero-order valence-corrected chi connectivity index (χ0v) is 7.66. The van der Waals surface area contributed by atoms with Gasteiger partial charge in [-0.1, -0.05) is 6.92 Å². The lowest BCUT2D eigenvalue weighted by molar-refractivity contribution is -0.143. The number of carboxylic acid groups (broad SMARTS) is 1. The fourth-order valence-electron chi connectivity index (χ4n) is 0.997. The molecule has 0 spiro atoms. The van der Waals surface area contributed by atoms with Crippen molar-refractivity contribution >= 4 is 5.97 Å². The molecule has 0 bridgehead atoms. The Bertz CT molecular complexity index is 134. The van der Waals surface area contributed by atoms with E-state index in [0.29, 0.717) is 6.42 Å². The van der Waals surface area contributed by atoms with Crippen LogP contribution in [0.2, 0.25) is 0 Å². The van der Waals surface area contributed by atoms with E-state index in [1.54, 1.807) is 0 Å². The molecule has 11 heavy (non-hydrogen) atoms. The van der Waals surface area contributed by atoms with E-state index in [1.807, 2.05) is 32.7 Å². The van der Waals surface area contributed by atoms with Gasteiger partial charge in [-0.2, -0.15) is 0 Å². The third kappa shape index (κ3) is 2.89. The molecular weight excluding hydrogens is 142 g/mol. The summed E-state index contributed by atoms with van der Waals surface area (Å²) < 4.78 is 0. The molecule has 0 saturated heterocycles. The largest absolute Gasteiger partial charge is 0.480 e. The van der Waals surface area contributed by atoms with Crippen molar-refractivity contribution < 1.29 is 9.90 Å². The Morgan fingerprint density at radius 3 is 2.09 bits per heavy atom. The maximum Gasteiger partial charge on any atom is 0.320 e. The summed E-state index contributed by atoms with van der Waals surface area (Å²) in [4.78, 5) is 12.5. The van der Waals surface area contributed by atoms with Crippen molar-refractivity contribution in [3.8, 4) is 0 Å². The highest BCUT2D eigenvalue weighted by Crippen LogP contribution is 2.05. The van der Waals surface area contributed by atoms with E-state index < -0.39 is 5.97 Å². The van der Waals surface area contributed by atoms with Gasteiger partial charge in [0, 0.05) is 6.04 Å². The predicted octanol–water partition coefficient (Wildman–Crippen LogP) is 1.19. The summed E-state index contributed by atoms with van der Waals surface area (Å²) >= 11 is 0. The van der Waals surface area contributed by atoms with Crippen LogP contribution in [0.5, 0.6) is 0 Å². The Morgan fingerprint density at radius 1 is 1.55 bits per heavy atom. The highest BCUT2D eigenvalue weighted by Gasteiger charge is 2.21. The van der Waals surface area contributed by atoms with E-state index >= 15 is 0 Å². The number of likely N-dealkylation sites (N-methyl/N-ethyl adjacent to an activating group) is 1. The molecule has 0 aliphatic carbocycles. The number of rotatable bonds is 4. The predicted molar refractivity (Wildman–Crippen MR) is 44.6 cm³/mol. The molecule has 0 fully saturated rings. The highest BCUT2D eigenvalue weighted by atomic mass is 16.4. The van der Waals surface area contributed by atoms with Gasteiger partial charge in [0.05, 0.1) is 0 Å². The first-order valence-corrected chi connectivity index (χ1v) is 3.95. The molecule has 1 atom stereocenters. The number of hydrogen-bond acceptors (Lipinski definition) is 2. The van der Waals surface area contributed by atoms with Crippen LogP contribution < -0.4 is 0 Å². The average molecular weight is 159 g/mol. The molecule has 3 heteroatoms. The summed E-state index contributed by atoms with van der Waals surface area (Å²) in [5, 5.41) is 8.75. The van der Waals surface area contributed by atoms with Crippen molar-refractivity contribution in [1.29, 1.82) is 0 Å². The second-order valence-electron chi connectivity index (χ2n) is 3.02. The van der Waals surface area contributed by atoms with E-state index in [1.165, 1.54) is 0 Å². The van der Waals surface area contributed by atoms with Crippen LogP contribution in [0.4, 0.5) is 0 Å². The van der Waals surface area contributed by atoms with Gasteiger partial charge in [-0.05, 0) is 27.3 Å². The fourth-order valence-corrected chi connectivity index (χ4v) is 0.997. The summed E-state index contributed by atoms with van der Waals surface area (Å²) in [6.45, 7) is 5.87. The molecule has 0 aromatic heterocycles. The maximum atomic E-state index is 10.6. The third-order valence-electron chi connectivity index (χ3n) is 1.98. The summed E-state index contributed by atoms with van der Waals surface area (Å²) in [5.74, 6) is -0.733. The monoisotopic (exact) mass is 159 g/mol. The normalized spacial score (nSPS) is 14.0. The molecule has 1 unspecified atom stereocenters. The van der Waals surface area contributed by atoms with Gasteiger partial charge in [0.1, 0.15) is 6.04 Å². The molecule has 0 saturated carbocycles. The second kappa shape index (κ2) is 4.34. The summed E-state index contributed by atoms with van der Waals surface area (Å²) in [7, 11) is 1.84. The van der Waals surface area contributed by atoms with E-state index in [9.17, 15) is 4.79 Å². The zero-order chi connectivity index (χ0) is 9.02. The molecule has 0 amide bonds. The lowest BCUT2D eigenvalue weighted by Crippen LogP contribution is -2.41. The van der Waals surface area contributed by atoms with Crippen molar-refractivity contribution in [3.05, 3.63) is 0 Å². The van der Waals surface area contributed by atoms with Crippen LogP contribution in [0, 0.1) is 0 Å². The van der Waals surface area contributed by atoms with Crippen molar-refractivity contribution in [2.24, 2.45) is 0 Å². The average Bonchev–Trinajstić information content (AvgIpc) is 1.88. The Balaban J connectivity index is 4.14. The van der Waals surface area contributed by atoms with Crippen molar-refractivity contribution in [2.45, 2.75) is 39.3 Å². The van der Waals surface area contributed by atoms with Gasteiger partial charge in [-0.15, -0.1) is 0 Å². The molecular formula is C8H17NO2. The SMILES string of the molecule is CCC(C(=O)O)N(C)C(C)C. The fraction of sp³-hybridized carbons (Fsp3) is 0.875. The molecule has 3 nitrogen and oxygen atoms in total. The molecule has 0 rings (SSSR count). The van der Waals surface area contributed by atoms with Gasteiger partial charge in [-0.25, -0.2) is 0 Å². The van der Waals surface area contributed by atoms with Crippen LogP contribution in [0.15, 0.2) is 0 Å². The number of carboxylic acids is 1. The number of carbonyl (C=O) groups is 1. The summed E-state index contributed by atoms with van der Waals surface area (Å²) in [6.07, 6.45) is 0.657. The lowest BCUT2D eigenvalue weighted by Gasteiger charge is -2.26. The molecule has 0 aliphatic rings. The molecule has 0 radical (unpaired) electrons. The first-order chi connectivity index (χ1) is 5.00. The number of hydrogen-bond donors (Lipinski definition) is 1. The summed E-state index contributed by atoms with van der Waals surface area (Å²) in [5.41, 5.74) is 0. The molecule has 0 aliphatic heterocycles. The van der Waals surface area contributed by atoms with Crippen LogP contribution in [-0.2, 0) is 4.79 Å². The van der Waals surface area contributed by atoms with Crippen molar-refractivity contribution in [1.82, 2.24) is 4.90 Å². The van der Waals surface area contributed by atoms with Crippen molar-refractivity contribution in [2.75, 3.05) is 7.05 Å². The van der Waals surface area contributed by atoms with Crippen LogP contribution >= 0.6 is 0 Å². The van der Waals surface area contributed by atoms with Gasteiger partial charge < -0.3 is 5.11 Å². The van der Waals surface area contributed by atoms with Crippen LogP contribution in [0.1, 0.15) is 27.2 Å². The van der Waals surface area contributed by atoms with E-state index in [2.05, 4.69) is 0 Å². The number of nitrogens with zero attached hydrogens (tertiary/aromatic N) is 1. The first-order valence-electron chi connectivity index (χ1n) is 3.95. The van der Waals surface area contributed by atoms with Crippen LogP contribution in [0.25, 0.3) is 0 Å². The van der Waals surface area contributed by atoms with E-state index in [-0.39, 0.29) is 12.1 Å². The van der Waals surface area contributed by atoms with Gasteiger partial charge in [0.25, 0.3) is 0 Å². The smallest absolute Gasteiger partial charge is 0.320 e. The second-order valence-corrected chi connectivity index (χ2v) is 3.02. The Labute approximate surface area is 68.0 Å². The molecule has 66 valence electrons. The molecule has 0 heterocycles. The number of aliphatic carboxylic acids is 1. The van der Waals surface area contributed by atoms with Crippen LogP contribution in [0.3, 0.4) is 0 Å². The third-order valence-corrected chi connectivity index (χ3v) is 1.98. The quantitative estimate of drug-likeness (QED) is 0.669. The minimum Gasteiger partial charge on any atom is -0.480 e. The van der Waals surface area contributed by atoms with Gasteiger partial charge in [-0.3, -0.25) is 9.69 Å². The lowest BCUT2D eigenvalue weighted by atomic mass is 10.1. The highest BCUT2D eigenvalue weighted by molar-refractivity contribution is 5.73. The minimum absolute atomic E-state index is 0.288. The Hall–Kier alpha value is -0.570. The van der Waals surface area contributed by atoms with Gasteiger partial charge >= 0.3 is 5.97 Å². The van der Waals surface area contributed by atoms with Crippen molar-refractivity contribution in [3.63, 3.8) is 0 Å². The standard InChI is InChI=1S/C8H17NO2/c1-5-7(8(10)11)9(4)6(2)3/h6-7H,5H2,1-4H3,(H,10,11). The van der Waals surface area contributed by atoms with E-state index in [0.717, 1.165) is 0 Å². The zero-order valence-electron chi connectivity index (χ0n) is 7.66. The van der Waals surface area contributed by atoms with Gasteiger partial charge in [0.2, 0.25) is 0 Å². The molecule has 0 aromatic rings. The minimum atomic E-state index is -0.733. The van der Waals surface area contributed by atoms with E-state index in [4.69, 9.17) is 5.11 Å². The molecule has 1 N–H and O–H groups in total. The Morgan fingerprint density at radius 2 is 2.00 bits per heavy atom. The molecule has 0 aromatic carbocycles. The topological polar surface area (TPSA) is 40.5 Å². The Kier molecular flexibility index (Phi) is 4.11. The first kappa shape index (κ1) is 10.4. The summed E-state index contributed by atoms with van der Waals surface area (Å²) in [6, 6.07) is -0.0500. The van der Waals surface area contributed by atoms with Crippen LogP contribution in [-0.4, -0.2) is 35.1 Å². The van der Waals surface area contributed by atoms with Gasteiger partial charge in [0.15, 0.2) is 0 Å².